The minimum Gasteiger partial charge on any atom is -0.309 e. The number of amides is 1. The van der Waals surface area contributed by atoms with Crippen molar-refractivity contribution in [2.24, 2.45) is 0 Å². The van der Waals surface area contributed by atoms with Gasteiger partial charge < -0.3 is 5.32 Å². The third-order valence-electron chi connectivity index (χ3n) is 4.25. The maximum absolute atomic E-state index is 12.8. The number of hydrogen-bond acceptors (Lipinski definition) is 5. The van der Waals surface area contributed by atoms with E-state index >= 15 is 0 Å². The average molecular weight is 375 g/mol. The molecular weight excluding hydrogens is 360 g/mol. The molecule has 0 radical (unpaired) electrons. The largest absolute Gasteiger partial charge is 0.309 e. The maximum Gasteiger partial charge on any atom is 0.262 e. The van der Waals surface area contributed by atoms with Crippen LogP contribution in [-0.2, 0) is 24.2 Å². The lowest BCUT2D eigenvalue weighted by Crippen LogP contribution is -2.28. The molecule has 3 aromatic rings. The molecule has 3 aromatic heterocycles. The SMILES string of the molecule is O=C(Cn1cnc2sc3c(c2c1=O)CCCC3)Nc1ccc(Cl)cn1. The standard InChI is InChI=1S/C17H15ClN4O2S/c18-10-5-6-13(19-7-10)21-14(23)8-22-9-20-16-15(17(22)24)11-3-1-2-4-12(11)25-16/h5-7,9H,1-4,8H2,(H,19,21,23). The average Bonchev–Trinajstić information content (AvgIpc) is 2.99. The van der Waals surface area contributed by atoms with Crippen LogP contribution in [0, 0.1) is 0 Å². The maximum atomic E-state index is 12.8. The van der Waals surface area contributed by atoms with E-state index in [1.165, 1.54) is 22.0 Å². The fourth-order valence-corrected chi connectivity index (χ4v) is 4.41. The summed E-state index contributed by atoms with van der Waals surface area (Å²) in [5.74, 6) is 0.0616. The van der Waals surface area contributed by atoms with E-state index in [2.05, 4.69) is 15.3 Å². The number of nitrogens with one attached hydrogen (secondary N) is 1. The highest BCUT2D eigenvalue weighted by molar-refractivity contribution is 7.18. The number of halogens is 1. The second-order valence-corrected chi connectivity index (χ2v) is 7.50. The van der Waals surface area contributed by atoms with Gasteiger partial charge >= 0.3 is 0 Å². The number of carbonyl (C=O) groups excluding carboxylic acids is 1. The summed E-state index contributed by atoms with van der Waals surface area (Å²) in [6.07, 6.45) is 7.08. The van der Waals surface area contributed by atoms with Crippen LogP contribution in [0.15, 0.2) is 29.5 Å². The van der Waals surface area contributed by atoms with Crippen LogP contribution in [-0.4, -0.2) is 20.4 Å². The molecule has 128 valence electrons. The van der Waals surface area contributed by atoms with Crippen molar-refractivity contribution in [2.75, 3.05) is 5.32 Å². The van der Waals surface area contributed by atoms with Gasteiger partial charge in [0, 0.05) is 11.1 Å². The summed E-state index contributed by atoms with van der Waals surface area (Å²) in [7, 11) is 0. The lowest BCUT2D eigenvalue weighted by Gasteiger charge is -2.10. The molecule has 0 unspecified atom stereocenters. The first-order valence-corrected chi connectivity index (χ1v) is 9.22. The van der Waals surface area contributed by atoms with E-state index in [0.29, 0.717) is 16.2 Å². The van der Waals surface area contributed by atoms with Gasteiger partial charge in [-0.3, -0.25) is 14.2 Å². The zero-order valence-corrected chi connectivity index (χ0v) is 14.9. The molecule has 0 aliphatic heterocycles. The van der Waals surface area contributed by atoms with Gasteiger partial charge in [0.2, 0.25) is 5.91 Å². The molecule has 0 saturated heterocycles. The Hall–Kier alpha value is -2.25. The van der Waals surface area contributed by atoms with Crippen molar-refractivity contribution < 1.29 is 4.79 Å². The Labute approximate surface area is 152 Å². The van der Waals surface area contributed by atoms with Crippen LogP contribution in [0.1, 0.15) is 23.3 Å². The lowest BCUT2D eigenvalue weighted by atomic mass is 9.97. The molecule has 0 saturated carbocycles. The van der Waals surface area contributed by atoms with Gasteiger partial charge in [0.1, 0.15) is 17.2 Å². The first-order chi connectivity index (χ1) is 12.1. The zero-order chi connectivity index (χ0) is 17.4. The Morgan fingerprint density at radius 2 is 2.12 bits per heavy atom. The van der Waals surface area contributed by atoms with Crippen molar-refractivity contribution in [2.45, 2.75) is 32.2 Å². The number of thiophene rings is 1. The second-order valence-electron chi connectivity index (χ2n) is 5.98. The van der Waals surface area contributed by atoms with Gasteiger partial charge in [0.15, 0.2) is 0 Å². The van der Waals surface area contributed by atoms with Crippen LogP contribution in [0.2, 0.25) is 5.02 Å². The third-order valence-corrected chi connectivity index (χ3v) is 5.67. The highest BCUT2D eigenvalue weighted by Gasteiger charge is 2.20. The van der Waals surface area contributed by atoms with E-state index in [0.717, 1.165) is 36.1 Å². The minimum absolute atomic E-state index is 0.100. The van der Waals surface area contributed by atoms with Crippen LogP contribution >= 0.6 is 22.9 Å². The van der Waals surface area contributed by atoms with Gasteiger partial charge in [-0.15, -0.1) is 11.3 Å². The van der Waals surface area contributed by atoms with Crippen molar-refractivity contribution in [3.05, 3.63) is 50.5 Å². The predicted octanol–water partition coefficient (Wildman–Crippen LogP) is 3.02. The third kappa shape index (κ3) is 3.17. The Bertz CT molecular complexity index is 1010. The number of carbonyl (C=O) groups is 1. The summed E-state index contributed by atoms with van der Waals surface area (Å²) in [5, 5.41) is 3.83. The van der Waals surface area contributed by atoms with E-state index in [1.807, 2.05) is 0 Å². The van der Waals surface area contributed by atoms with Crippen LogP contribution in [0.3, 0.4) is 0 Å². The first kappa shape index (κ1) is 16.2. The number of aromatic nitrogens is 3. The van der Waals surface area contributed by atoms with Crippen molar-refractivity contribution in [3.8, 4) is 0 Å². The molecule has 0 fully saturated rings. The van der Waals surface area contributed by atoms with E-state index in [1.54, 1.807) is 23.5 Å². The van der Waals surface area contributed by atoms with Crippen LogP contribution in [0.25, 0.3) is 10.2 Å². The van der Waals surface area contributed by atoms with Crippen molar-refractivity contribution in [1.29, 1.82) is 0 Å². The molecule has 8 heteroatoms. The quantitative estimate of drug-likeness (QED) is 0.764. The predicted molar refractivity (Wildman–Crippen MR) is 98.4 cm³/mol. The summed E-state index contributed by atoms with van der Waals surface area (Å²) in [6.45, 7) is -0.100. The van der Waals surface area contributed by atoms with Gasteiger partial charge in [-0.25, -0.2) is 9.97 Å². The van der Waals surface area contributed by atoms with Crippen LogP contribution in [0.5, 0.6) is 0 Å². The minimum atomic E-state index is -0.331. The molecule has 1 aliphatic rings. The number of pyridine rings is 1. The molecule has 0 bridgehead atoms. The Kier molecular flexibility index (Phi) is 4.27. The summed E-state index contributed by atoms with van der Waals surface area (Å²) >= 11 is 7.37. The zero-order valence-electron chi connectivity index (χ0n) is 13.3. The Morgan fingerprint density at radius 1 is 1.28 bits per heavy atom. The summed E-state index contributed by atoms with van der Waals surface area (Å²) in [5.41, 5.74) is 0.974. The number of fused-ring (bicyclic) bond motifs is 3. The fraction of sp³-hybridized carbons (Fsp3) is 0.294. The summed E-state index contributed by atoms with van der Waals surface area (Å²) in [6, 6.07) is 3.25. The molecule has 0 aromatic carbocycles. The molecular formula is C17H15ClN4O2S. The highest BCUT2D eigenvalue weighted by atomic mass is 35.5. The first-order valence-electron chi connectivity index (χ1n) is 8.03. The van der Waals surface area contributed by atoms with Gasteiger partial charge in [-0.1, -0.05) is 11.6 Å². The molecule has 1 N–H and O–H groups in total. The van der Waals surface area contributed by atoms with E-state index in [-0.39, 0.29) is 18.0 Å². The molecule has 6 nitrogen and oxygen atoms in total. The Morgan fingerprint density at radius 3 is 2.92 bits per heavy atom. The molecule has 1 aliphatic carbocycles. The summed E-state index contributed by atoms with van der Waals surface area (Å²) < 4.78 is 1.36. The van der Waals surface area contributed by atoms with E-state index < -0.39 is 0 Å². The van der Waals surface area contributed by atoms with Crippen molar-refractivity contribution in [3.63, 3.8) is 0 Å². The fourth-order valence-electron chi connectivity index (χ4n) is 3.08. The monoisotopic (exact) mass is 374 g/mol. The van der Waals surface area contributed by atoms with Crippen molar-refractivity contribution >= 4 is 44.9 Å². The number of rotatable bonds is 3. The molecule has 4 rings (SSSR count). The lowest BCUT2D eigenvalue weighted by molar-refractivity contribution is -0.116. The molecule has 25 heavy (non-hydrogen) atoms. The van der Waals surface area contributed by atoms with Crippen LogP contribution < -0.4 is 10.9 Å². The van der Waals surface area contributed by atoms with E-state index in [4.69, 9.17) is 11.6 Å². The summed E-state index contributed by atoms with van der Waals surface area (Å²) in [4.78, 5) is 35.5. The molecule has 1 amide bonds. The smallest absolute Gasteiger partial charge is 0.262 e. The normalized spacial score (nSPS) is 13.6. The van der Waals surface area contributed by atoms with Crippen molar-refractivity contribution in [1.82, 2.24) is 14.5 Å². The highest BCUT2D eigenvalue weighted by Crippen LogP contribution is 2.33. The number of nitrogens with zero attached hydrogens (tertiary/aromatic N) is 3. The number of aryl methyl sites for hydroxylation is 2. The van der Waals surface area contributed by atoms with Gasteiger partial charge in [0.05, 0.1) is 16.7 Å². The number of anilines is 1. The Balaban J connectivity index is 1.61. The topological polar surface area (TPSA) is 76.9 Å². The number of hydrogen-bond donors (Lipinski definition) is 1. The molecule has 3 heterocycles. The van der Waals surface area contributed by atoms with E-state index in [9.17, 15) is 9.59 Å². The molecule has 0 atom stereocenters. The van der Waals surface area contributed by atoms with Gasteiger partial charge in [-0.2, -0.15) is 0 Å². The second kappa shape index (κ2) is 6.57. The molecule has 0 spiro atoms. The van der Waals surface area contributed by atoms with Gasteiger partial charge in [-0.05, 0) is 43.4 Å². The van der Waals surface area contributed by atoms with Gasteiger partial charge in [0.25, 0.3) is 5.56 Å². The van der Waals surface area contributed by atoms with Crippen LogP contribution in [0.4, 0.5) is 5.82 Å².